The second kappa shape index (κ2) is 2.41. The molecule has 2 heteroatoms. The van der Waals surface area contributed by atoms with Crippen molar-refractivity contribution in [2.24, 2.45) is 0 Å². The summed E-state index contributed by atoms with van der Waals surface area (Å²) < 4.78 is 5.73. The molecule has 12 heavy (non-hydrogen) atoms. The summed E-state index contributed by atoms with van der Waals surface area (Å²) in [6, 6.07) is 8.07. The molecule has 1 heterocycles. The minimum absolute atomic E-state index is 0.158. The van der Waals surface area contributed by atoms with Crippen molar-refractivity contribution >= 4 is 13.9 Å². The van der Waals surface area contributed by atoms with Gasteiger partial charge in [0.2, 0.25) is 0 Å². The van der Waals surface area contributed by atoms with Crippen LogP contribution in [0.3, 0.4) is 0 Å². The van der Waals surface area contributed by atoms with Crippen LogP contribution in [0.25, 0.3) is 6.08 Å². The zero-order valence-corrected chi connectivity index (χ0v) is 7.37. The smallest absolute Gasteiger partial charge is 0.163 e. The minimum Gasteiger partial charge on any atom is -0.492 e. The molecule has 1 aromatic rings. The van der Waals surface area contributed by atoms with Gasteiger partial charge in [0.25, 0.3) is 0 Å². The predicted molar refractivity (Wildman–Crippen MR) is 53.1 cm³/mol. The SMILES string of the molecule is BC1(C)C=Cc2ccccc2O1. The monoisotopic (exact) mass is 158 g/mol. The van der Waals surface area contributed by atoms with Gasteiger partial charge in [-0.3, -0.25) is 0 Å². The molecule has 2 rings (SSSR count). The van der Waals surface area contributed by atoms with Crippen LogP contribution in [0, 0.1) is 0 Å². The van der Waals surface area contributed by atoms with Crippen molar-refractivity contribution < 1.29 is 4.74 Å². The standard InChI is InChI=1S/C10H11BO/c1-10(11)7-6-8-4-2-3-5-9(8)12-10/h2-7H,11H2,1H3. The molecule has 0 aliphatic carbocycles. The van der Waals surface area contributed by atoms with E-state index in [0.717, 1.165) is 11.3 Å². The van der Waals surface area contributed by atoms with E-state index in [0.29, 0.717) is 0 Å². The molecule has 1 nitrogen and oxygen atoms in total. The molecule has 1 atom stereocenters. The van der Waals surface area contributed by atoms with Gasteiger partial charge in [0.05, 0.1) is 5.50 Å². The Bertz CT molecular complexity index is 328. The van der Waals surface area contributed by atoms with E-state index in [1.165, 1.54) is 0 Å². The normalized spacial score (nSPS) is 26.1. The third kappa shape index (κ3) is 1.25. The quantitative estimate of drug-likeness (QED) is 0.519. The fourth-order valence-corrected chi connectivity index (χ4v) is 1.32. The molecule has 0 aromatic heterocycles. The first-order chi connectivity index (χ1) is 5.67. The second-order valence-electron chi connectivity index (χ2n) is 3.58. The predicted octanol–water partition coefficient (Wildman–Crippen LogP) is 1.44. The molecule has 0 saturated carbocycles. The summed E-state index contributed by atoms with van der Waals surface area (Å²) in [4.78, 5) is 0. The summed E-state index contributed by atoms with van der Waals surface area (Å²) in [5, 5.41) is 0. The van der Waals surface area contributed by atoms with Crippen molar-refractivity contribution in [1.82, 2.24) is 0 Å². The van der Waals surface area contributed by atoms with Crippen LogP contribution in [-0.4, -0.2) is 13.3 Å². The molecule has 0 fully saturated rings. The number of hydrogen-bond acceptors (Lipinski definition) is 1. The Hall–Kier alpha value is -1.18. The Morgan fingerprint density at radius 3 is 2.92 bits per heavy atom. The lowest BCUT2D eigenvalue weighted by molar-refractivity contribution is 0.224. The third-order valence-electron chi connectivity index (χ3n) is 1.96. The fraction of sp³-hybridized carbons (Fsp3) is 0.200. The van der Waals surface area contributed by atoms with Crippen molar-refractivity contribution in [3.63, 3.8) is 0 Å². The molecule has 60 valence electrons. The molecule has 0 radical (unpaired) electrons. The largest absolute Gasteiger partial charge is 0.492 e. The topological polar surface area (TPSA) is 9.23 Å². The van der Waals surface area contributed by atoms with Crippen LogP contribution in [-0.2, 0) is 0 Å². The van der Waals surface area contributed by atoms with Gasteiger partial charge in [-0.15, -0.1) is 0 Å². The summed E-state index contributed by atoms with van der Waals surface area (Å²) >= 11 is 0. The van der Waals surface area contributed by atoms with Crippen LogP contribution in [0.1, 0.15) is 12.5 Å². The van der Waals surface area contributed by atoms with Gasteiger partial charge in [0, 0.05) is 5.56 Å². The highest BCUT2D eigenvalue weighted by Gasteiger charge is 2.20. The first-order valence-electron chi connectivity index (χ1n) is 4.15. The van der Waals surface area contributed by atoms with E-state index in [1.54, 1.807) is 0 Å². The molecule has 1 aliphatic rings. The van der Waals surface area contributed by atoms with Gasteiger partial charge in [-0.1, -0.05) is 30.4 Å². The van der Waals surface area contributed by atoms with Crippen molar-refractivity contribution in [2.75, 3.05) is 0 Å². The summed E-state index contributed by atoms with van der Waals surface area (Å²) in [7, 11) is 2.06. The molecule has 1 aliphatic heterocycles. The molecule has 0 saturated heterocycles. The lowest BCUT2D eigenvalue weighted by atomic mass is 9.81. The molecular formula is C10H11BO. The first-order valence-corrected chi connectivity index (χ1v) is 4.15. The van der Waals surface area contributed by atoms with E-state index in [9.17, 15) is 0 Å². The lowest BCUT2D eigenvalue weighted by Gasteiger charge is -2.27. The maximum atomic E-state index is 5.73. The van der Waals surface area contributed by atoms with Crippen LogP contribution in [0.5, 0.6) is 5.75 Å². The van der Waals surface area contributed by atoms with Gasteiger partial charge in [-0.2, -0.15) is 0 Å². The van der Waals surface area contributed by atoms with Crippen molar-refractivity contribution in [3.8, 4) is 5.75 Å². The van der Waals surface area contributed by atoms with E-state index in [2.05, 4.69) is 33.0 Å². The molecule has 1 unspecified atom stereocenters. The molecule has 0 N–H and O–H groups in total. The van der Waals surface area contributed by atoms with E-state index in [-0.39, 0.29) is 5.50 Å². The van der Waals surface area contributed by atoms with Crippen molar-refractivity contribution in [3.05, 3.63) is 35.9 Å². The maximum absolute atomic E-state index is 5.73. The summed E-state index contributed by atoms with van der Waals surface area (Å²) in [6.45, 7) is 2.06. The van der Waals surface area contributed by atoms with Crippen molar-refractivity contribution in [2.45, 2.75) is 12.4 Å². The van der Waals surface area contributed by atoms with Crippen LogP contribution in [0.2, 0.25) is 0 Å². The Morgan fingerprint density at radius 2 is 2.08 bits per heavy atom. The van der Waals surface area contributed by atoms with Gasteiger partial charge >= 0.3 is 0 Å². The van der Waals surface area contributed by atoms with Gasteiger partial charge in [0.1, 0.15) is 5.75 Å². The average molecular weight is 158 g/mol. The number of benzene rings is 1. The van der Waals surface area contributed by atoms with Crippen LogP contribution in [0.15, 0.2) is 30.3 Å². The zero-order valence-electron chi connectivity index (χ0n) is 7.37. The van der Waals surface area contributed by atoms with Gasteiger partial charge in [-0.25, -0.2) is 0 Å². The van der Waals surface area contributed by atoms with Crippen molar-refractivity contribution in [1.29, 1.82) is 0 Å². The number of rotatable bonds is 0. The average Bonchev–Trinajstić information content (AvgIpc) is 2.02. The molecule has 0 spiro atoms. The highest BCUT2D eigenvalue weighted by atomic mass is 16.5. The Balaban J connectivity index is 2.46. The first kappa shape index (κ1) is 7.47. The van der Waals surface area contributed by atoms with E-state index in [1.807, 2.05) is 18.2 Å². The van der Waals surface area contributed by atoms with Crippen LogP contribution in [0.4, 0.5) is 0 Å². The Morgan fingerprint density at radius 1 is 1.33 bits per heavy atom. The lowest BCUT2D eigenvalue weighted by Crippen LogP contribution is -2.31. The number of ether oxygens (including phenoxy) is 1. The summed E-state index contributed by atoms with van der Waals surface area (Å²) in [6.07, 6.45) is 4.19. The summed E-state index contributed by atoms with van der Waals surface area (Å²) in [5.74, 6) is 0.977. The number of hydrogen-bond donors (Lipinski definition) is 0. The van der Waals surface area contributed by atoms with Crippen LogP contribution < -0.4 is 4.74 Å². The second-order valence-corrected chi connectivity index (χ2v) is 3.58. The van der Waals surface area contributed by atoms with Crippen LogP contribution >= 0.6 is 0 Å². The Labute approximate surface area is 73.5 Å². The number of fused-ring (bicyclic) bond motifs is 1. The molecular weight excluding hydrogens is 147 g/mol. The van der Waals surface area contributed by atoms with E-state index < -0.39 is 0 Å². The van der Waals surface area contributed by atoms with Gasteiger partial charge < -0.3 is 4.74 Å². The number of para-hydroxylation sites is 1. The Kier molecular flexibility index (Phi) is 1.50. The van der Waals surface area contributed by atoms with E-state index >= 15 is 0 Å². The molecule has 0 amide bonds. The molecule has 0 bridgehead atoms. The van der Waals surface area contributed by atoms with Gasteiger partial charge in [-0.05, 0) is 13.0 Å². The highest BCUT2D eigenvalue weighted by Crippen LogP contribution is 2.28. The third-order valence-corrected chi connectivity index (χ3v) is 1.96. The maximum Gasteiger partial charge on any atom is 0.163 e. The van der Waals surface area contributed by atoms with Gasteiger partial charge in [0.15, 0.2) is 7.85 Å². The highest BCUT2D eigenvalue weighted by molar-refractivity contribution is 6.16. The minimum atomic E-state index is -0.158. The molecule has 1 aromatic carbocycles. The summed E-state index contributed by atoms with van der Waals surface area (Å²) in [5.41, 5.74) is 1.01. The fourth-order valence-electron chi connectivity index (χ4n) is 1.32. The van der Waals surface area contributed by atoms with E-state index in [4.69, 9.17) is 4.74 Å². The zero-order chi connectivity index (χ0) is 8.60.